The van der Waals surface area contributed by atoms with Crippen molar-refractivity contribution >= 4 is 16.7 Å². The minimum Gasteiger partial charge on any atom is -0.353 e. The fraction of sp³-hybridized carbons (Fsp3) is 0.467. The Morgan fingerprint density at radius 3 is 3.00 bits per heavy atom. The van der Waals surface area contributed by atoms with Crippen LogP contribution in [0.25, 0.3) is 0 Å². The molecule has 0 saturated heterocycles. The molecule has 106 valence electrons. The van der Waals surface area contributed by atoms with E-state index in [0.717, 1.165) is 35.8 Å². The van der Waals surface area contributed by atoms with Crippen LogP contribution in [0.3, 0.4) is 0 Å². The Balaban J connectivity index is 1.83. The van der Waals surface area contributed by atoms with E-state index in [1.165, 1.54) is 17.1 Å². The third-order valence-corrected chi connectivity index (χ3v) is 4.34. The summed E-state index contributed by atoms with van der Waals surface area (Å²) >= 11 is 1.38. The van der Waals surface area contributed by atoms with Gasteiger partial charge in [-0.05, 0) is 42.5 Å². The Kier molecular flexibility index (Phi) is 3.70. The molecular weight excluding hydrogens is 273 g/mol. The van der Waals surface area contributed by atoms with Crippen LogP contribution >= 0.6 is 11.5 Å². The molecule has 3 rings (SSSR count). The summed E-state index contributed by atoms with van der Waals surface area (Å²) in [6.45, 7) is 4.16. The number of halogens is 1. The van der Waals surface area contributed by atoms with Gasteiger partial charge in [0.15, 0.2) is 0 Å². The van der Waals surface area contributed by atoms with Gasteiger partial charge < -0.3 is 5.32 Å². The molecule has 0 fully saturated rings. The van der Waals surface area contributed by atoms with Crippen LogP contribution in [0.1, 0.15) is 55.6 Å². The number of benzene rings is 1. The monoisotopic (exact) mass is 291 g/mol. The van der Waals surface area contributed by atoms with Crippen molar-refractivity contribution < 1.29 is 4.39 Å². The van der Waals surface area contributed by atoms with E-state index >= 15 is 0 Å². The first-order valence-electron chi connectivity index (χ1n) is 7.02. The van der Waals surface area contributed by atoms with Crippen LogP contribution in [-0.4, -0.2) is 9.36 Å². The molecule has 1 unspecified atom stereocenters. The SMILES string of the molecule is CC(C)c1nsc(NC2CCCc3ccc(F)cc32)n1. The second-order valence-electron chi connectivity index (χ2n) is 5.54. The maximum atomic E-state index is 13.5. The van der Waals surface area contributed by atoms with Gasteiger partial charge in [-0.25, -0.2) is 9.37 Å². The third-order valence-electron chi connectivity index (χ3n) is 3.68. The minimum atomic E-state index is -0.169. The van der Waals surface area contributed by atoms with Crippen molar-refractivity contribution in [2.45, 2.75) is 45.1 Å². The summed E-state index contributed by atoms with van der Waals surface area (Å²) in [6, 6.07) is 5.24. The fourth-order valence-electron chi connectivity index (χ4n) is 2.60. The zero-order chi connectivity index (χ0) is 14.1. The van der Waals surface area contributed by atoms with E-state index in [1.54, 1.807) is 12.1 Å². The molecule has 0 amide bonds. The highest BCUT2D eigenvalue weighted by atomic mass is 32.1. The molecule has 5 heteroatoms. The van der Waals surface area contributed by atoms with E-state index in [1.807, 2.05) is 6.07 Å². The summed E-state index contributed by atoms with van der Waals surface area (Å²) in [6.07, 6.45) is 3.15. The number of rotatable bonds is 3. The predicted octanol–water partition coefficient (Wildman–Crippen LogP) is 4.29. The van der Waals surface area contributed by atoms with Crippen LogP contribution in [0.4, 0.5) is 9.52 Å². The van der Waals surface area contributed by atoms with E-state index in [2.05, 4.69) is 28.5 Å². The lowest BCUT2D eigenvalue weighted by molar-refractivity contribution is 0.579. The van der Waals surface area contributed by atoms with Gasteiger partial charge in [-0.15, -0.1) is 0 Å². The summed E-state index contributed by atoms with van der Waals surface area (Å²) < 4.78 is 17.8. The molecule has 1 atom stereocenters. The van der Waals surface area contributed by atoms with Crippen LogP contribution in [-0.2, 0) is 6.42 Å². The van der Waals surface area contributed by atoms with Gasteiger partial charge in [0.05, 0.1) is 6.04 Å². The van der Waals surface area contributed by atoms with E-state index < -0.39 is 0 Å². The summed E-state index contributed by atoms with van der Waals surface area (Å²) in [7, 11) is 0. The van der Waals surface area contributed by atoms with Gasteiger partial charge in [0.25, 0.3) is 0 Å². The van der Waals surface area contributed by atoms with Gasteiger partial charge in [-0.3, -0.25) is 0 Å². The zero-order valence-electron chi connectivity index (χ0n) is 11.7. The number of nitrogens with one attached hydrogen (secondary N) is 1. The molecule has 2 aromatic rings. The number of aryl methyl sites for hydroxylation is 1. The van der Waals surface area contributed by atoms with Gasteiger partial charge >= 0.3 is 0 Å². The molecule has 0 saturated carbocycles. The van der Waals surface area contributed by atoms with Crippen LogP contribution in [0, 0.1) is 5.82 Å². The minimum absolute atomic E-state index is 0.141. The predicted molar refractivity (Wildman–Crippen MR) is 79.7 cm³/mol. The number of anilines is 1. The lowest BCUT2D eigenvalue weighted by atomic mass is 9.88. The molecule has 1 aromatic heterocycles. The molecule has 0 spiro atoms. The van der Waals surface area contributed by atoms with Crippen molar-refractivity contribution in [3.8, 4) is 0 Å². The van der Waals surface area contributed by atoms with E-state index in [0.29, 0.717) is 5.92 Å². The Bertz CT molecular complexity index is 609. The molecule has 1 aromatic carbocycles. The molecule has 20 heavy (non-hydrogen) atoms. The van der Waals surface area contributed by atoms with Gasteiger partial charge in [-0.1, -0.05) is 19.9 Å². The normalized spacial score (nSPS) is 18.1. The van der Waals surface area contributed by atoms with Crippen LogP contribution in [0.15, 0.2) is 18.2 Å². The summed E-state index contributed by atoms with van der Waals surface area (Å²) in [4.78, 5) is 4.50. The number of hydrogen-bond donors (Lipinski definition) is 1. The lowest BCUT2D eigenvalue weighted by Crippen LogP contribution is -2.17. The summed E-state index contributed by atoms with van der Waals surface area (Å²) in [5.74, 6) is 1.03. The Labute approximate surface area is 122 Å². The molecule has 0 aliphatic heterocycles. The second-order valence-corrected chi connectivity index (χ2v) is 6.30. The third kappa shape index (κ3) is 2.68. The second kappa shape index (κ2) is 5.48. The number of fused-ring (bicyclic) bond motifs is 1. The van der Waals surface area contributed by atoms with Crippen molar-refractivity contribution in [1.29, 1.82) is 0 Å². The largest absolute Gasteiger partial charge is 0.353 e. The molecule has 1 aliphatic carbocycles. The maximum Gasteiger partial charge on any atom is 0.203 e. The highest BCUT2D eigenvalue weighted by Crippen LogP contribution is 2.33. The topological polar surface area (TPSA) is 37.8 Å². The highest BCUT2D eigenvalue weighted by molar-refractivity contribution is 7.09. The van der Waals surface area contributed by atoms with E-state index in [4.69, 9.17) is 0 Å². The maximum absolute atomic E-state index is 13.5. The van der Waals surface area contributed by atoms with Gasteiger partial charge in [0.2, 0.25) is 5.13 Å². The molecule has 1 aliphatic rings. The van der Waals surface area contributed by atoms with Crippen LogP contribution in [0.2, 0.25) is 0 Å². The summed E-state index contributed by atoms with van der Waals surface area (Å²) in [5, 5.41) is 4.25. The smallest absolute Gasteiger partial charge is 0.203 e. The van der Waals surface area contributed by atoms with Crippen molar-refractivity contribution in [3.63, 3.8) is 0 Å². The van der Waals surface area contributed by atoms with Gasteiger partial charge in [0, 0.05) is 17.5 Å². The number of aromatic nitrogens is 2. The van der Waals surface area contributed by atoms with Crippen molar-refractivity contribution in [3.05, 3.63) is 41.0 Å². The lowest BCUT2D eigenvalue weighted by Gasteiger charge is -2.26. The fourth-order valence-corrected chi connectivity index (χ4v) is 3.36. The first kappa shape index (κ1) is 13.5. The summed E-state index contributed by atoms with van der Waals surface area (Å²) in [5.41, 5.74) is 2.31. The van der Waals surface area contributed by atoms with Crippen molar-refractivity contribution in [2.75, 3.05) is 5.32 Å². The van der Waals surface area contributed by atoms with Crippen LogP contribution in [0.5, 0.6) is 0 Å². The Hall–Kier alpha value is -1.49. The average molecular weight is 291 g/mol. The van der Waals surface area contributed by atoms with Crippen LogP contribution < -0.4 is 5.32 Å². The molecule has 3 nitrogen and oxygen atoms in total. The standard InChI is InChI=1S/C15H18FN3S/c1-9(2)14-18-15(20-19-14)17-13-5-3-4-10-6-7-11(16)8-12(10)13/h6-9,13H,3-5H2,1-2H3,(H,17,18,19). The Morgan fingerprint density at radius 1 is 1.40 bits per heavy atom. The van der Waals surface area contributed by atoms with Gasteiger partial charge in [-0.2, -0.15) is 4.37 Å². The molecule has 0 radical (unpaired) electrons. The quantitative estimate of drug-likeness (QED) is 0.916. The van der Waals surface area contributed by atoms with E-state index in [9.17, 15) is 4.39 Å². The number of nitrogens with zero attached hydrogens (tertiary/aromatic N) is 2. The molecule has 1 N–H and O–H groups in total. The highest BCUT2D eigenvalue weighted by Gasteiger charge is 2.22. The molecule has 0 bridgehead atoms. The Morgan fingerprint density at radius 2 is 2.25 bits per heavy atom. The average Bonchev–Trinajstić information content (AvgIpc) is 2.88. The molecular formula is C15H18FN3S. The van der Waals surface area contributed by atoms with Gasteiger partial charge in [0.1, 0.15) is 11.6 Å². The first-order chi connectivity index (χ1) is 9.63. The van der Waals surface area contributed by atoms with E-state index in [-0.39, 0.29) is 11.9 Å². The number of hydrogen-bond acceptors (Lipinski definition) is 4. The van der Waals surface area contributed by atoms with Crippen molar-refractivity contribution in [2.24, 2.45) is 0 Å². The molecule has 1 heterocycles. The first-order valence-corrected chi connectivity index (χ1v) is 7.79. The van der Waals surface area contributed by atoms with Crippen molar-refractivity contribution in [1.82, 2.24) is 9.36 Å². The zero-order valence-corrected chi connectivity index (χ0v) is 12.5.